The third-order valence-electron chi connectivity index (χ3n) is 3.86. The molecule has 8 heteroatoms. The first-order valence-corrected chi connectivity index (χ1v) is 8.62. The molecule has 2 rings (SSSR count). The van der Waals surface area contributed by atoms with Gasteiger partial charge in [0.1, 0.15) is 6.42 Å². The van der Waals surface area contributed by atoms with Crippen molar-refractivity contribution in [2.45, 2.75) is 32.2 Å². The van der Waals surface area contributed by atoms with Crippen molar-refractivity contribution in [1.29, 1.82) is 0 Å². The summed E-state index contributed by atoms with van der Waals surface area (Å²) in [7, 11) is 0. The molecule has 136 valence electrons. The van der Waals surface area contributed by atoms with E-state index in [0.29, 0.717) is 43.2 Å². The van der Waals surface area contributed by atoms with Gasteiger partial charge in [0.2, 0.25) is 11.8 Å². The van der Waals surface area contributed by atoms with E-state index in [-0.39, 0.29) is 24.5 Å². The molecular weight excluding hydrogens is 346 g/mol. The van der Waals surface area contributed by atoms with Crippen LogP contribution in [0.2, 0.25) is 5.02 Å². The first kappa shape index (κ1) is 19.1. The molecule has 0 aromatic heterocycles. The lowest BCUT2D eigenvalue weighted by atomic mass is 10.1. The van der Waals surface area contributed by atoms with Gasteiger partial charge >= 0.3 is 6.09 Å². The smallest absolute Gasteiger partial charge is 0.409 e. The Bertz CT molecular complexity index is 630. The molecule has 0 spiro atoms. The van der Waals surface area contributed by atoms with Crippen LogP contribution in [0.3, 0.4) is 0 Å². The number of amides is 3. The van der Waals surface area contributed by atoms with Gasteiger partial charge in [-0.1, -0.05) is 23.7 Å². The molecule has 3 amide bonds. The highest BCUT2D eigenvalue weighted by Gasteiger charge is 2.25. The summed E-state index contributed by atoms with van der Waals surface area (Å²) in [5, 5.41) is 5.86. The van der Waals surface area contributed by atoms with E-state index in [0.717, 1.165) is 0 Å². The number of rotatable bonds is 5. The largest absolute Gasteiger partial charge is 0.450 e. The average molecular weight is 368 g/mol. The van der Waals surface area contributed by atoms with Crippen LogP contribution >= 0.6 is 11.6 Å². The van der Waals surface area contributed by atoms with Crippen LogP contribution in [0.25, 0.3) is 0 Å². The van der Waals surface area contributed by atoms with E-state index in [1.807, 2.05) is 0 Å². The number of halogens is 1. The highest BCUT2D eigenvalue weighted by molar-refractivity contribution is 6.33. The maximum absolute atomic E-state index is 12.0. The second kappa shape index (κ2) is 9.27. The molecule has 1 aliphatic heterocycles. The average Bonchev–Trinajstić information content (AvgIpc) is 2.57. The molecular formula is C17H22ClN3O4. The minimum Gasteiger partial charge on any atom is -0.450 e. The molecule has 1 saturated heterocycles. The van der Waals surface area contributed by atoms with Crippen LogP contribution in [0.15, 0.2) is 24.3 Å². The van der Waals surface area contributed by atoms with Crippen LogP contribution in [-0.2, 0) is 14.3 Å². The second-order valence-corrected chi connectivity index (χ2v) is 6.14. The molecule has 0 aliphatic carbocycles. The third kappa shape index (κ3) is 5.94. The standard InChI is InChI=1S/C17H22ClN3O4/c1-2-25-17(24)21-9-7-12(8-10-21)19-15(22)11-16(23)20-14-6-4-3-5-13(14)18/h3-6,12H,2,7-11H2,1H3,(H,19,22)(H,20,23). The molecule has 0 radical (unpaired) electrons. The van der Waals surface area contributed by atoms with E-state index in [1.54, 1.807) is 36.1 Å². The molecule has 25 heavy (non-hydrogen) atoms. The minimum atomic E-state index is -0.422. The Labute approximate surface area is 151 Å². The number of carbonyl (C=O) groups is 3. The van der Waals surface area contributed by atoms with Crippen molar-refractivity contribution in [3.8, 4) is 0 Å². The molecule has 0 unspecified atom stereocenters. The number of para-hydroxylation sites is 1. The number of piperidine rings is 1. The fourth-order valence-corrected chi connectivity index (χ4v) is 2.79. The summed E-state index contributed by atoms with van der Waals surface area (Å²) in [6.07, 6.45) is 0.669. The topological polar surface area (TPSA) is 87.7 Å². The Kier molecular flexibility index (Phi) is 7.06. The number of likely N-dealkylation sites (tertiary alicyclic amines) is 1. The molecule has 0 saturated carbocycles. The van der Waals surface area contributed by atoms with Gasteiger partial charge in [0.15, 0.2) is 0 Å². The van der Waals surface area contributed by atoms with E-state index in [4.69, 9.17) is 16.3 Å². The van der Waals surface area contributed by atoms with Crippen molar-refractivity contribution in [2.75, 3.05) is 25.0 Å². The maximum Gasteiger partial charge on any atom is 0.409 e. The van der Waals surface area contributed by atoms with Gasteiger partial charge in [-0.05, 0) is 31.9 Å². The lowest BCUT2D eigenvalue weighted by molar-refractivity contribution is -0.127. The van der Waals surface area contributed by atoms with Crippen LogP contribution in [-0.4, -0.2) is 48.5 Å². The quantitative estimate of drug-likeness (QED) is 0.782. The van der Waals surface area contributed by atoms with Gasteiger partial charge in [-0.3, -0.25) is 9.59 Å². The molecule has 2 N–H and O–H groups in total. The number of anilines is 1. The van der Waals surface area contributed by atoms with Crippen molar-refractivity contribution < 1.29 is 19.1 Å². The Hall–Kier alpha value is -2.28. The van der Waals surface area contributed by atoms with Crippen LogP contribution < -0.4 is 10.6 Å². The zero-order valence-corrected chi connectivity index (χ0v) is 14.8. The van der Waals surface area contributed by atoms with Gasteiger partial charge in [-0.25, -0.2) is 4.79 Å². The number of hydrogen-bond donors (Lipinski definition) is 2. The normalized spacial score (nSPS) is 14.7. The van der Waals surface area contributed by atoms with Crippen LogP contribution in [0, 0.1) is 0 Å². The third-order valence-corrected chi connectivity index (χ3v) is 4.18. The Morgan fingerprint density at radius 2 is 1.88 bits per heavy atom. The highest BCUT2D eigenvalue weighted by atomic mass is 35.5. The Balaban J connectivity index is 1.73. The number of benzene rings is 1. The van der Waals surface area contributed by atoms with Gasteiger partial charge < -0.3 is 20.3 Å². The van der Waals surface area contributed by atoms with E-state index in [1.165, 1.54) is 0 Å². The highest BCUT2D eigenvalue weighted by Crippen LogP contribution is 2.20. The minimum absolute atomic E-state index is 0.0497. The number of carbonyl (C=O) groups excluding carboxylic acids is 3. The summed E-state index contributed by atoms with van der Waals surface area (Å²) in [5.41, 5.74) is 0.477. The van der Waals surface area contributed by atoms with Crippen molar-refractivity contribution in [3.63, 3.8) is 0 Å². The molecule has 1 aromatic carbocycles. The lowest BCUT2D eigenvalue weighted by Crippen LogP contribution is -2.47. The molecule has 7 nitrogen and oxygen atoms in total. The van der Waals surface area contributed by atoms with E-state index in [2.05, 4.69) is 10.6 Å². The van der Waals surface area contributed by atoms with Crippen molar-refractivity contribution in [3.05, 3.63) is 29.3 Å². The number of nitrogens with zero attached hydrogens (tertiary/aromatic N) is 1. The van der Waals surface area contributed by atoms with E-state index < -0.39 is 5.91 Å². The first-order chi connectivity index (χ1) is 12.0. The Morgan fingerprint density at radius 3 is 2.52 bits per heavy atom. The van der Waals surface area contributed by atoms with Crippen molar-refractivity contribution >= 4 is 35.2 Å². The molecule has 1 fully saturated rings. The summed E-state index contributed by atoms with van der Waals surface area (Å²) >= 11 is 5.96. The lowest BCUT2D eigenvalue weighted by Gasteiger charge is -2.31. The van der Waals surface area contributed by atoms with Crippen LogP contribution in [0.4, 0.5) is 10.5 Å². The zero-order valence-electron chi connectivity index (χ0n) is 14.1. The summed E-state index contributed by atoms with van der Waals surface area (Å²) in [6, 6.07) is 6.79. The molecule has 0 bridgehead atoms. The summed E-state index contributed by atoms with van der Waals surface area (Å²) < 4.78 is 4.95. The maximum atomic E-state index is 12.0. The predicted molar refractivity (Wildman–Crippen MR) is 94.5 cm³/mol. The monoisotopic (exact) mass is 367 g/mol. The zero-order chi connectivity index (χ0) is 18.2. The number of nitrogens with one attached hydrogen (secondary N) is 2. The van der Waals surface area contributed by atoms with Crippen LogP contribution in [0.1, 0.15) is 26.2 Å². The summed E-state index contributed by atoms with van der Waals surface area (Å²) in [4.78, 5) is 37.2. The fourth-order valence-electron chi connectivity index (χ4n) is 2.60. The molecule has 0 atom stereocenters. The van der Waals surface area contributed by atoms with Crippen molar-refractivity contribution in [2.24, 2.45) is 0 Å². The summed E-state index contributed by atoms with van der Waals surface area (Å²) in [5.74, 6) is -0.770. The van der Waals surface area contributed by atoms with Crippen LogP contribution in [0.5, 0.6) is 0 Å². The SMILES string of the molecule is CCOC(=O)N1CCC(NC(=O)CC(=O)Nc2ccccc2Cl)CC1. The fraction of sp³-hybridized carbons (Fsp3) is 0.471. The predicted octanol–water partition coefficient (Wildman–Crippen LogP) is 2.41. The summed E-state index contributed by atoms with van der Waals surface area (Å²) in [6.45, 7) is 3.15. The molecule has 1 aliphatic rings. The molecule has 1 heterocycles. The molecule has 1 aromatic rings. The van der Waals surface area contributed by atoms with E-state index >= 15 is 0 Å². The van der Waals surface area contributed by atoms with Gasteiger partial charge in [-0.2, -0.15) is 0 Å². The van der Waals surface area contributed by atoms with Gasteiger partial charge in [0, 0.05) is 19.1 Å². The van der Waals surface area contributed by atoms with E-state index in [9.17, 15) is 14.4 Å². The second-order valence-electron chi connectivity index (χ2n) is 5.73. The van der Waals surface area contributed by atoms with Gasteiger partial charge in [0.25, 0.3) is 0 Å². The number of ether oxygens (including phenoxy) is 1. The van der Waals surface area contributed by atoms with Gasteiger partial charge in [0.05, 0.1) is 17.3 Å². The van der Waals surface area contributed by atoms with Crippen molar-refractivity contribution in [1.82, 2.24) is 10.2 Å². The Morgan fingerprint density at radius 1 is 1.20 bits per heavy atom. The number of hydrogen-bond acceptors (Lipinski definition) is 4. The van der Waals surface area contributed by atoms with Gasteiger partial charge in [-0.15, -0.1) is 0 Å². The first-order valence-electron chi connectivity index (χ1n) is 8.25.